The molecule has 0 aliphatic rings. The Morgan fingerprint density at radius 1 is 1.40 bits per heavy atom. The number of hydrogen-bond acceptors (Lipinski definition) is 3. The van der Waals surface area contributed by atoms with Gasteiger partial charge < -0.3 is 15.0 Å². The summed E-state index contributed by atoms with van der Waals surface area (Å²) in [5.41, 5.74) is 0.991. The van der Waals surface area contributed by atoms with Crippen LogP contribution >= 0.6 is 0 Å². The summed E-state index contributed by atoms with van der Waals surface area (Å²) in [6.07, 6.45) is 4.15. The molecular formula is C15H19N3O2. The number of nitrogens with one attached hydrogen (secondary N) is 2. The maximum absolute atomic E-state index is 12.2. The number of hydrogen-bond donors (Lipinski definition) is 2. The second kappa shape index (κ2) is 6.75. The molecule has 2 aromatic rings. The van der Waals surface area contributed by atoms with Crippen LogP contribution in [0.1, 0.15) is 30.7 Å². The third-order valence-electron chi connectivity index (χ3n) is 3.23. The lowest BCUT2D eigenvalue weighted by Gasteiger charge is -2.15. The lowest BCUT2D eigenvalue weighted by molar-refractivity contribution is -0.122. The summed E-state index contributed by atoms with van der Waals surface area (Å²) in [4.78, 5) is 19.3. The number of carbonyl (C=O) groups is 1. The van der Waals surface area contributed by atoms with E-state index in [2.05, 4.69) is 15.3 Å². The highest BCUT2D eigenvalue weighted by atomic mass is 16.5. The lowest BCUT2D eigenvalue weighted by Crippen LogP contribution is -2.29. The van der Waals surface area contributed by atoms with Crippen LogP contribution in [-0.4, -0.2) is 23.0 Å². The summed E-state index contributed by atoms with van der Waals surface area (Å²) < 4.78 is 5.13. The monoisotopic (exact) mass is 273 g/mol. The van der Waals surface area contributed by atoms with Crippen LogP contribution in [0.3, 0.4) is 0 Å². The van der Waals surface area contributed by atoms with Crippen LogP contribution in [0.4, 0.5) is 0 Å². The first kappa shape index (κ1) is 14.1. The Morgan fingerprint density at radius 3 is 2.70 bits per heavy atom. The van der Waals surface area contributed by atoms with Crippen LogP contribution in [0.25, 0.3) is 0 Å². The quantitative estimate of drug-likeness (QED) is 0.848. The first-order valence-electron chi connectivity index (χ1n) is 6.64. The van der Waals surface area contributed by atoms with Crippen LogP contribution in [0.15, 0.2) is 36.7 Å². The van der Waals surface area contributed by atoms with Crippen LogP contribution in [-0.2, 0) is 11.3 Å². The van der Waals surface area contributed by atoms with Crippen molar-refractivity contribution in [3.05, 3.63) is 48.0 Å². The van der Waals surface area contributed by atoms with Gasteiger partial charge in [0.25, 0.3) is 0 Å². The van der Waals surface area contributed by atoms with Crippen molar-refractivity contribution < 1.29 is 9.53 Å². The summed E-state index contributed by atoms with van der Waals surface area (Å²) in [6, 6.07) is 7.61. The van der Waals surface area contributed by atoms with E-state index in [0.29, 0.717) is 6.54 Å². The summed E-state index contributed by atoms with van der Waals surface area (Å²) in [6.45, 7) is 2.42. The van der Waals surface area contributed by atoms with Crippen molar-refractivity contribution in [2.45, 2.75) is 25.8 Å². The standard InChI is InChI=1S/C15H19N3O2/c1-3-13(11-4-6-12(20-2)7-5-11)15(19)18-10-14-16-8-9-17-14/h4-9,13H,3,10H2,1-2H3,(H,16,17)(H,18,19)/t13-/m0/s1. The number of benzene rings is 1. The Hall–Kier alpha value is -2.30. The van der Waals surface area contributed by atoms with Crippen molar-refractivity contribution in [3.8, 4) is 5.75 Å². The fourth-order valence-corrected chi connectivity index (χ4v) is 2.10. The number of rotatable bonds is 6. The molecule has 5 heteroatoms. The van der Waals surface area contributed by atoms with E-state index in [0.717, 1.165) is 23.6 Å². The van der Waals surface area contributed by atoms with Gasteiger partial charge in [-0.25, -0.2) is 4.98 Å². The zero-order valence-corrected chi connectivity index (χ0v) is 11.7. The second-order valence-corrected chi connectivity index (χ2v) is 4.49. The molecule has 0 radical (unpaired) electrons. The molecule has 1 atom stereocenters. The van der Waals surface area contributed by atoms with E-state index >= 15 is 0 Å². The van der Waals surface area contributed by atoms with E-state index < -0.39 is 0 Å². The van der Waals surface area contributed by atoms with Crippen molar-refractivity contribution >= 4 is 5.91 Å². The lowest BCUT2D eigenvalue weighted by atomic mass is 9.95. The molecule has 1 heterocycles. The maximum atomic E-state index is 12.2. The number of nitrogens with zero attached hydrogens (tertiary/aromatic N) is 1. The molecule has 0 unspecified atom stereocenters. The Kier molecular flexibility index (Phi) is 4.76. The molecule has 5 nitrogen and oxygen atoms in total. The van der Waals surface area contributed by atoms with Gasteiger partial charge in [0.1, 0.15) is 11.6 Å². The van der Waals surface area contributed by atoms with Gasteiger partial charge in [-0.3, -0.25) is 4.79 Å². The van der Waals surface area contributed by atoms with Crippen LogP contribution in [0.2, 0.25) is 0 Å². The van der Waals surface area contributed by atoms with E-state index in [1.54, 1.807) is 19.5 Å². The van der Waals surface area contributed by atoms with Gasteiger partial charge in [0, 0.05) is 12.4 Å². The molecule has 1 amide bonds. The van der Waals surface area contributed by atoms with Crippen LogP contribution in [0.5, 0.6) is 5.75 Å². The molecule has 20 heavy (non-hydrogen) atoms. The fraction of sp³-hybridized carbons (Fsp3) is 0.333. The van der Waals surface area contributed by atoms with E-state index in [1.807, 2.05) is 31.2 Å². The van der Waals surface area contributed by atoms with Gasteiger partial charge in [0.15, 0.2) is 0 Å². The Morgan fingerprint density at radius 2 is 2.15 bits per heavy atom. The molecule has 0 saturated carbocycles. The molecule has 2 N–H and O–H groups in total. The van der Waals surface area contributed by atoms with E-state index in [9.17, 15) is 4.79 Å². The molecule has 0 spiro atoms. The van der Waals surface area contributed by atoms with Crippen molar-refractivity contribution in [2.75, 3.05) is 7.11 Å². The minimum Gasteiger partial charge on any atom is -0.497 e. The minimum absolute atomic E-state index is 0.00840. The Bertz CT molecular complexity index is 535. The smallest absolute Gasteiger partial charge is 0.227 e. The zero-order chi connectivity index (χ0) is 14.4. The van der Waals surface area contributed by atoms with Gasteiger partial charge in [-0.15, -0.1) is 0 Å². The van der Waals surface area contributed by atoms with Crippen molar-refractivity contribution in [3.63, 3.8) is 0 Å². The predicted octanol–water partition coefficient (Wildman–Crippen LogP) is 2.23. The largest absolute Gasteiger partial charge is 0.497 e. The maximum Gasteiger partial charge on any atom is 0.227 e. The SMILES string of the molecule is CC[C@H](C(=O)NCc1ncc[nH]1)c1ccc(OC)cc1. The van der Waals surface area contributed by atoms with Crippen LogP contribution in [0, 0.1) is 0 Å². The number of H-pyrrole nitrogens is 1. The van der Waals surface area contributed by atoms with E-state index in [1.165, 1.54) is 0 Å². The van der Waals surface area contributed by atoms with Gasteiger partial charge in [-0.1, -0.05) is 19.1 Å². The minimum atomic E-state index is -0.157. The van der Waals surface area contributed by atoms with Gasteiger partial charge in [-0.05, 0) is 24.1 Å². The van der Waals surface area contributed by atoms with Crippen LogP contribution < -0.4 is 10.1 Å². The summed E-state index contributed by atoms with van der Waals surface area (Å²) in [7, 11) is 1.63. The van der Waals surface area contributed by atoms with E-state index in [4.69, 9.17) is 4.74 Å². The highest BCUT2D eigenvalue weighted by Gasteiger charge is 2.18. The van der Waals surface area contributed by atoms with Crippen molar-refractivity contribution in [1.29, 1.82) is 0 Å². The molecule has 0 aliphatic heterocycles. The van der Waals surface area contributed by atoms with Gasteiger partial charge in [0.05, 0.1) is 19.6 Å². The highest BCUT2D eigenvalue weighted by Crippen LogP contribution is 2.22. The molecule has 0 saturated heterocycles. The molecule has 1 aromatic carbocycles. The number of amides is 1. The topological polar surface area (TPSA) is 67.0 Å². The summed E-state index contributed by atoms with van der Waals surface area (Å²) in [5, 5.41) is 2.90. The number of methoxy groups -OCH3 is 1. The third kappa shape index (κ3) is 3.38. The molecule has 0 aliphatic carbocycles. The third-order valence-corrected chi connectivity index (χ3v) is 3.23. The average Bonchev–Trinajstić information content (AvgIpc) is 3.00. The number of carbonyl (C=O) groups excluding carboxylic acids is 1. The van der Waals surface area contributed by atoms with Gasteiger partial charge in [-0.2, -0.15) is 0 Å². The van der Waals surface area contributed by atoms with Gasteiger partial charge >= 0.3 is 0 Å². The molecule has 0 fully saturated rings. The van der Waals surface area contributed by atoms with Gasteiger partial charge in [0.2, 0.25) is 5.91 Å². The van der Waals surface area contributed by atoms with E-state index in [-0.39, 0.29) is 11.8 Å². The van der Waals surface area contributed by atoms with Crippen molar-refractivity contribution in [2.24, 2.45) is 0 Å². The molecule has 0 bridgehead atoms. The zero-order valence-electron chi connectivity index (χ0n) is 11.7. The summed E-state index contributed by atoms with van der Waals surface area (Å²) >= 11 is 0. The first-order valence-corrected chi connectivity index (χ1v) is 6.64. The first-order chi connectivity index (χ1) is 9.74. The molecule has 1 aromatic heterocycles. The Balaban J connectivity index is 2.00. The number of ether oxygens (including phenoxy) is 1. The number of aromatic amines is 1. The second-order valence-electron chi connectivity index (χ2n) is 4.49. The highest BCUT2D eigenvalue weighted by molar-refractivity contribution is 5.83. The molecule has 106 valence electrons. The molecule has 2 rings (SSSR count). The predicted molar refractivity (Wildman–Crippen MR) is 76.5 cm³/mol. The summed E-state index contributed by atoms with van der Waals surface area (Å²) in [5.74, 6) is 1.40. The molecular weight excluding hydrogens is 254 g/mol. The fourth-order valence-electron chi connectivity index (χ4n) is 2.10. The Labute approximate surface area is 118 Å². The average molecular weight is 273 g/mol. The van der Waals surface area contributed by atoms with Crippen molar-refractivity contribution in [1.82, 2.24) is 15.3 Å². The normalized spacial score (nSPS) is 11.9. The number of imidazole rings is 1. The number of aromatic nitrogens is 2.